The van der Waals surface area contributed by atoms with Gasteiger partial charge >= 0.3 is 0 Å². The Labute approximate surface area is 214 Å². The van der Waals surface area contributed by atoms with Gasteiger partial charge in [0.15, 0.2) is 0 Å². The normalized spacial score (nSPS) is 11.6. The number of hydrogen-bond donors (Lipinski definition) is 2. The molecule has 37 heavy (non-hydrogen) atoms. The van der Waals surface area contributed by atoms with Gasteiger partial charge in [0, 0.05) is 17.5 Å². The zero-order valence-corrected chi connectivity index (χ0v) is 20.1. The molecule has 6 rings (SSSR count). The van der Waals surface area contributed by atoms with Crippen LogP contribution in [-0.4, -0.2) is 27.1 Å². The fraction of sp³-hybridized carbons (Fsp3) is 0.0645. The van der Waals surface area contributed by atoms with E-state index in [0.29, 0.717) is 17.6 Å². The third kappa shape index (κ3) is 3.89. The maximum atomic E-state index is 11.7. The van der Waals surface area contributed by atoms with Crippen LogP contribution < -0.4 is 11.2 Å². The van der Waals surface area contributed by atoms with E-state index in [1.807, 2.05) is 28.9 Å². The first-order valence-electron chi connectivity index (χ1n) is 12.1. The molecule has 0 fully saturated rings. The molecule has 6 aromatic rings. The zero-order valence-electron chi connectivity index (χ0n) is 20.1. The number of amides is 1. The number of nitrogens with zero attached hydrogens (tertiary/aromatic N) is 3. The number of carbonyl (C=O) groups is 1. The molecular formula is C31H25N5O. The average Bonchev–Trinajstić information content (AvgIpc) is 3.38. The van der Waals surface area contributed by atoms with E-state index >= 15 is 0 Å². The van der Waals surface area contributed by atoms with E-state index in [-0.39, 0.29) is 0 Å². The molecule has 2 heterocycles. The highest BCUT2D eigenvalue weighted by molar-refractivity contribution is 6.05. The molecule has 0 spiro atoms. The lowest BCUT2D eigenvalue weighted by atomic mass is 9.69. The summed E-state index contributed by atoms with van der Waals surface area (Å²) in [7, 11) is 0. The highest BCUT2D eigenvalue weighted by Crippen LogP contribution is 2.39. The lowest BCUT2D eigenvalue weighted by molar-refractivity contribution is 0.100. The van der Waals surface area contributed by atoms with E-state index in [4.69, 9.17) is 5.73 Å². The monoisotopic (exact) mass is 483 g/mol. The summed E-state index contributed by atoms with van der Waals surface area (Å²) >= 11 is 0. The zero-order chi connectivity index (χ0) is 25.2. The molecular weight excluding hydrogens is 458 g/mol. The third-order valence-electron chi connectivity index (χ3n) is 6.97. The third-order valence-corrected chi connectivity index (χ3v) is 6.97. The number of pyridine rings is 1. The van der Waals surface area contributed by atoms with Crippen LogP contribution in [0, 0.1) is 0 Å². The van der Waals surface area contributed by atoms with Crippen LogP contribution in [0.4, 0.5) is 0 Å². The minimum absolute atomic E-state index is 0.426. The van der Waals surface area contributed by atoms with Crippen molar-refractivity contribution < 1.29 is 4.79 Å². The molecule has 180 valence electrons. The van der Waals surface area contributed by atoms with Gasteiger partial charge in [0.05, 0.1) is 17.1 Å². The van der Waals surface area contributed by atoms with Crippen molar-refractivity contribution in [2.45, 2.75) is 5.41 Å². The second-order valence-electron chi connectivity index (χ2n) is 9.04. The van der Waals surface area contributed by atoms with Crippen molar-refractivity contribution in [1.82, 2.24) is 14.6 Å². The van der Waals surface area contributed by atoms with Crippen LogP contribution >= 0.6 is 0 Å². The van der Waals surface area contributed by atoms with Crippen molar-refractivity contribution in [1.29, 1.82) is 0 Å². The number of nitrogens with two attached hydrogens (primary N) is 1. The van der Waals surface area contributed by atoms with Gasteiger partial charge in [-0.25, -0.2) is 9.66 Å². The Hall–Kier alpha value is -4.97. The van der Waals surface area contributed by atoms with Crippen LogP contribution in [0.2, 0.25) is 0 Å². The average molecular weight is 484 g/mol. The predicted octanol–water partition coefficient (Wildman–Crippen LogP) is 5.26. The number of nitrogens with one attached hydrogen (secondary N) is 1. The van der Waals surface area contributed by atoms with Gasteiger partial charge in [0.25, 0.3) is 0 Å². The summed E-state index contributed by atoms with van der Waals surface area (Å²) in [6, 6.07) is 37.0. The first-order chi connectivity index (χ1) is 18.2. The van der Waals surface area contributed by atoms with Gasteiger partial charge < -0.3 is 11.2 Å². The van der Waals surface area contributed by atoms with E-state index in [0.717, 1.165) is 16.4 Å². The first-order valence-corrected chi connectivity index (χ1v) is 12.1. The van der Waals surface area contributed by atoms with E-state index in [9.17, 15) is 4.79 Å². The topological polar surface area (TPSA) is 85.8 Å². The molecule has 3 N–H and O–H groups in total. The van der Waals surface area contributed by atoms with Crippen LogP contribution in [-0.2, 0) is 5.41 Å². The summed E-state index contributed by atoms with van der Waals surface area (Å²) in [5.41, 5.74) is 15.0. The van der Waals surface area contributed by atoms with Crippen LogP contribution in [0.1, 0.15) is 27.0 Å². The van der Waals surface area contributed by atoms with Gasteiger partial charge in [-0.2, -0.15) is 0 Å². The maximum absolute atomic E-state index is 11.7. The Bertz CT molecular complexity index is 1600. The molecule has 0 saturated carbocycles. The summed E-state index contributed by atoms with van der Waals surface area (Å²) in [4.78, 5) is 20.8. The molecule has 0 unspecified atom stereocenters. The highest BCUT2D eigenvalue weighted by Gasteiger charge is 2.36. The molecule has 0 saturated heterocycles. The highest BCUT2D eigenvalue weighted by atomic mass is 16.1. The molecule has 2 aromatic heterocycles. The molecule has 0 bridgehead atoms. The molecule has 4 aromatic carbocycles. The molecule has 0 aliphatic heterocycles. The number of hydrogen-bond acceptors (Lipinski definition) is 4. The number of benzene rings is 4. The van der Waals surface area contributed by atoms with Crippen molar-refractivity contribution in [3.05, 3.63) is 144 Å². The van der Waals surface area contributed by atoms with Crippen molar-refractivity contribution in [3.63, 3.8) is 0 Å². The van der Waals surface area contributed by atoms with Crippen LogP contribution in [0.3, 0.4) is 0 Å². The number of carbonyl (C=O) groups excluding carboxylic acids is 1. The number of imidazole rings is 1. The Kier molecular flexibility index (Phi) is 5.62. The molecule has 1 amide bonds. The fourth-order valence-corrected chi connectivity index (χ4v) is 5.14. The quantitative estimate of drug-likeness (QED) is 0.303. The second kappa shape index (κ2) is 9.24. The summed E-state index contributed by atoms with van der Waals surface area (Å²) < 4.78 is 1.95. The summed E-state index contributed by atoms with van der Waals surface area (Å²) in [6.45, 7) is 0.569. The molecule has 0 radical (unpaired) electrons. The van der Waals surface area contributed by atoms with E-state index in [1.54, 1.807) is 24.7 Å². The van der Waals surface area contributed by atoms with Gasteiger partial charge in [0.1, 0.15) is 17.4 Å². The Morgan fingerprint density at radius 3 is 1.86 bits per heavy atom. The Balaban J connectivity index is 1.51. The molecule has 0 aliphatic rings. The second-order valence-corrected chi connectivity index (χ2v) is 9.04. The Morgan fingerprint density at radius 2 is 1.32 bits per heavy atom. The van der Waals surface area contributed by atoms with Crippen LogP contribution in [0.25, 0.3) is 21.9 Å². The van der Waals surface area contributed by atoms with Crippen molar-refractivity contribution in [2.75, 3.05) is 12.0 Å². The van der Waals surface area contributed by atoms with Crippen molar-refractivity contribution in [3.8, 4) is 0 Å². The molecule has 0 atom stereocenters. The van der Waals surface area contributed by atoms with E-state index in [2.05, 4.69) is 88.2 Å². The smallest absolute Gasteiger partial charge is 0.248 e. The standard InChI is InChI=1S/C31H25N5O/c32-30(37)22-16-17-26-27(18-22)33-19-28-29(26)36(21-34-28)35-20-31(23-10-4-1-5-11-23,24-12-6-2-7-13-24)25-14-8-3-9-15-25/h1-19,21,35H,20H2,(H2,32,37). The molecule has 0 aliphatic carbocycles. The van der Waals surface area contributed by atoms with Crippen LogP contribution in [0.15, 0.2) is 122 Å². The van der Waals surface area contributed by atoms with Crippen molar-refractivity contribution in [2.24, 2.45) is 5.73 Å². The van der Waals surface area contributed by atoms with Gasteiger partial charge in [-0.05, 0) is 34.9 Å². The number of primary amides is 1. The van der Waals surface area contributed by atoms with E-state index in [1.165, 1.54) is 16.7 Å². The summed E-state index contributed by atoms with van der Waals surface area (Å²) in [5, 5.41) is 0.886. The predicted molar refractivity (Wildman–Crippen MR) is 147 cm³/mol. The number of aromatic nitrogens is 3. The van der Waals surface area contributed by atoms with Gasteiger partial charge in [-0.3, -0.25) is 9.78 Å². The summed E-state index contributed by atoms with van der Waals surface area (Å²) in [5.74, 6) is -0.478. The van der Waals surface area contributed by atoms with Gasteiger partial charge in [-0.15, -0.1) is 0 Å². The number of fused-ring (bicyclic) bond motifs is 3. The molecule has 6 heteroatoms. The number of rotatable bonds is 7. The SMILES string of the molecule is NC(=O)c1ccc2c(c1)ncc1ncn(NCC(c3ccccc3)(c3ccccc3)c3ccccc3)c12. The van der Waals surface area contributed by atoms with Crippen LogP contribution in [0.5, 0.6) is 0 Å². The summed E-state index contributed by atoms with van der Waals surface area (Å²) in [6.07, 6.45) is 3.50. The lowest BCUT2D eigenvalue weighted by Gasteiger charge is -2.36. The largest absolute Gasteiger partial charge is 0.366 e. The van der Waals surface area contributed by atoms with E-state index < -0.39 is 11.3 Å². The fourth-order valence-electron chi connectivity index (χ4n) is 5.14. The van der Waals surface area contributed by atoms with Crippen molar-refractivity contribution >= 4 is 27.8 Å². The van der Waals surface area contributed by atoms with Gasteiger partial charge in [0.2, 0.25) is 5.91 Å². The Morgan fingerprint density at radius 1 is 0.757 bits per heavy atom. The minimum atomic E-state index is -0.478. The molecule has 6 nitrogen and oxygen atoms in total. The minimum Gasteiger partial charge on any atom is -0.366 e. The van der Waals surface area contributed by atoms with Gasteiger partial charge in [-0.1, -0.05) is 91.0 Å². The first kappa shape index (κ1) is 22.5. The lowest BCUT2D eigenvalue weighted by Crippen LogP contribution is -2.39. The maximum Gasteiger partial charge on any atom is 0.248 e.